The summed E-state index contributed by atoms with van der Waals surface area (Å²) in [6.45, 7) is 23.7. The average Bonchev–Trinajstić information content (AvgIpc) is 3.12. The van der Waals surface area contributed by atoms with Gasteiger partial charge in [0.05, 0.1) is 22.8 Å². The van der Waals surface area contributed by atoms with E-state index in [1.54, 1.807) is 6.92 Å². The third-order valence-corrected chi connectivity index (χ3v) is 7.68. The average molecular weight is 768 g/mol. The predicted octanol–water partition coefficient (Wildman–Crippen LogP) is 9.39. The van der Waals surface area contributed by atoms with Crippen molar-refractivity contribution >= 4 is 40.5 Å². The molecule has 0 radical (unpaired) electrons. The Morgan fingerprint density at radius 3 is 1.91 bits per heavy atom. The van der Waals surface area contributed by atoms with Crippen LogP contribution in [-0.4, -0.2) is 79.7 Å². The lowest BCUT2D eigenvalue weighted by Crippen LogP contribution is -2.32. The smallest absolute Gasteiger partial charge is 0.339 e. The van der Waals surface area contributed by atoms with Gasteiger partial charge in [0.25, 0.3) is 5.91 Å². The molecule has 0 aromatic heterocycles. The van der Waals surface area contributed by atoms with Crippen molar-refractivity contribution < 1.29 is 27.6 Å². The van der Waals surface area contributed by atoms with Crippen molar-refractivity contribution in [1.29, 1.82) is 0 Å². The van der Waals surface area contributed by atoms with Gasteiger partial charge in [-0.1, -0.05) is 64.3 Å². The summed E-state index contributed by atoms with van der Waals surface area (Å²) in [5.41, 5.74) is 6.25. The molecule has 0 aliphatic carbocycles. The first kappa shape index (κ1) is 53.8. The first-order valence-electron chi connectivity index (χ1n) is 18.3. The van der Waals surface area contributed by atoms with Crippen molar-refractivity contribution in [3.8, 4) is 11.8 Å². The van der Waals surface area contributed by atoms with E-state index in [4.69, 9.17) is 17.3 Å². The number of hydrogen-bond donors (Lipinski definition) is 2. The van der Waals surface area contributed by atoms with E-state index in [-0.39, 0.29) is 23.0 Å². The molecule has 1 fully saturated rings. The Morgan fingerprint density at radius 1 is 1.02 bits per heavy atom. The molecule has 0 spiro atoms. The Hall–Kier alpha value is -3.59. The summed E-state index contributed by atoms with van der Waals surface area (Å²) < 4.78 is 38.3. The molecule has 2 rings (SSSR count). The van der Waals surface area contributed by atoms with Crippen molar-refractivity contribution in [1.82, 2.24) is 10.2 Å². The number of allylic oxidation sites excluding steroid dienone is 3. The number of nitrogens with one attached hydrogen (secondary N) is 1. The third kappa shape index (κ3) is 24.4. The maximum Gasteiger partial charge on any atom is 0.433 e. The summed E-state index contributed by atoms with van der Waals surface area (Å²) in [7, 11) is 1.09. The van der Waals surface area contributed by atoms with Crippen molar-refractivity contribution in [2.45, 2.75) is 114 Å². The lowest BCUT2D eigenvalue weighted by Gasteiger charge is -2.22. The van der Waals surface area contributed by atoms with Crippen LogP contribution in [0.5, 0.6) is 0 Å². The Bertz CT molecular complexity index is 1400. The molecule has 8 nitrogen and oxygen atoms in total. The van der Waals surface area contributed by atoms with Crippen LogP contribution in [-0.2, 0) is 9.59 Å². The number of ketones is 2. The fourth-order valence-electron chi connectivity index (χ4n) is 4.55. The van der Waals surface area contributed by atoms with Crippen LogP contribution in [0.1, 0.15) is 117 Å². The molecular formula is C41H65ClF3N5O3. The van der Waals surface area contributed by atoms with Gasteiger partial charge in [-0.05, 0) is 96.7 Å². The van der Waals surface area contributed by atoms with Crippen LogP contribution in [0.2, 0.25) is 5.02 Å². The van der Waals surface area contributed by atoms with Gasteiger partial charge in [-0.3, -0.25) is 24.4 Å². The summed E-state index contributed by atoms with van der Waals surface area (Å²) in [6, 6.07) is 5.58. The number of carbonyl (C=O) groups excluding carboxylic acids is 3. The van der Waals surface area contributed by atoms with Gasteiger partial charge in [0, 0.05) is 51.2 Å². The van der Waals surface area contributed by atoms with Crippen LogP contribution in [0, 0.1) is 24.7 Å². The highest BCUT2D eigenvalue weighted by Crippen LogP contribution is 2.26. The molecule has 3 N–H and O–H groups in total. The van der Waals surface area contributed by atoms with Gasteiger partial charge in [-0.2, -0.15) is 13.2 Å². The van der Waals surface area contributed by atoms with Gasteiger partial charge in [-0.15, -0.1) is 5.92 Å². The highest BCUT2D eigenvalue weighted by Gasteiger charge is 2.37. The minimum atomic E-state index is -4.52. The number of nitrogens with zero attached hydrogens (tertiary/aromatic N) is 3. The second-order valence-corrected chi connectivity index (χ2v) is 12.1. The molecule has 300 valence electrons. The molecule has 53 heavy (non-hydrogen) atoms. The zero-order chi connectivity index (χ0) is 41.6. The molecule has 1 amide bonds. The minimum Gasteiger partial charge on any atom is -0.339 e. The Balaban J connectivity index is -0.000000666. The van der Waals surface area contributed by atoms with E-state index >= 15 is 0 Å². The Kier molecular flexibility index (Phi) is 32.4. The van der Waals surface area contributed by atoms with E-state index in [1.807, 2.05) is 50.8 Å². The highest BCUT2D eigenvalue weighted by atomic mass is 35.5. The summed E-state index contributed by atoms with van der Waals surface area (Å²) in [6.07, 6.45) is 2.96. The Morgan fingerprint density at radius 2 is 1.57 bits per heavy atom. The van der Waals surface area contributed by atoms with Crippen molar-refractivity contribution in [3.63, 3.8) is 0 Å². The molecule has 0 atom stereocenters. The zero-order valence-electron chi connectivity index (χ0n) is 34.2. The molecule has 1 aliphatic heterocycles. The van der Waals surface area contributed by atoms with Crippen LogP contribution in [0.15, 0.2) is 51.6 Å². The van der Waals surface area contributed by atoms with Crippen LogP contribution in [0.25, 0.3) is 0 Å². The van der Waals surface area contributed by atoms with Crippen LogP contribution in [0.4, 0.5) is 13.2 Å². The predicted molar refractivity (Wildman–Crippen MR) is 218 cm³/mol. The number of rotatable bonds is 10. The topological polar surface area (TPSA) is 117 Å². The summed E-state index contributed by atoms with van der Waals surface area (Å²) in [5.74, 6) is 6.07. The zero-order valence-corrected chi connectivity index (χ0v) is 34.9. The van der Waals surface area contributed by atoms with Gasteiger partial charge >= 0.3 is 6.18 Å². The number of aryl methyl sites for hydroxylation is 1. The number of halogens is 4. The molecule has 1 aliphatic rings. The molecule has 0 unspecified atom stereocenters. The van der Waals surface area contributed by atoms with Gasteiger partial charge in [0.2, 0.25) is 0 Å². The largest absolute Gasteiger partial charge is 0.433 e. The number of alkyl halides is 3. The first-order valence-corrected chi connectivity index (χ1v) is 18.7. The summed E-state index contributed by atoms with van der Waals surface area (Å²) >= 11 is 6.12. The normalized spacial score (nSPS) is 13.5. The molecular weight excluding hydrogens is 703 g/mol. The summed E-state index contributed by atoms with van der Waals surface area (Å²) in [5, 5.41) is 3.77. The van der Waals surface area contributed by atoms with Crippen molar-refractivity contribution in [3.05, 3.63) is 57.8 Å². The number of benzene rings is 1. The number of hydrogen-bond acceptors (Lipinski definition) is 7. The van der Waals surface area contributed by atoms with E-state index in [0.717, 1.165) is 70.9 Å². The van der Waals surface area contributed by atoms with E-state index in [0.29, 0.717) is 34.4 Å². The number of amides is 1. The second-order valence-electron chi connectivity index (χ2n) is 11.7. The number of nitrogens with two attached hydrogens (primary N) is 1. The molecule has 1 saturated heterocycles. The standard InChI is InChI=1S/C14H20ClNO.C13H17F3N2O.C7H13NO.C5H9N.C2H6/c1-4-8-16(9-5-2)14(17)12-7-6-11(3)10-13(12)15;1-6-11(12(17-5)13(14,15)16)8(2)7-18-9(3)10(4)19;1-6(9)7-2-4-8-5-3-7;1-2-3-4-5-6;1-2/h6-7,10H,4-5,8-9H2,1-3H3;6-7H,1-5H3;7-8H,2-5H2,1H3;2,5-6H2,1H3;1-2H3/b;8-7+,11-6-,17-12?,18-9?;;;. The maximum absolute atomic E-state index is 12.8. The first-order chi connectivity index (χ1) is 25.0. The van der Waals surface area contributed by atoms with E-state index in [9.17, 15) is 27.6 Å². The van der Waals surface area contributed by atoms with Crippen molar-refractivity contribution in [2.24, 2.45) is 21.6 Å². The lowest BCUT2D eigenvalue weighted by molar-refractivity contribution is -0.121. The fourth-order valence-corrected chi connectivity index (χ4v) is 4.87. The molecule has 0 bridgehead atoms. The van der Waals surface area contributed by atoms with Gasteiger partial charge < -0.3 is 16.0 Å². The number of Topliss-reactive ketones (excluding diaryl/α,β-unsaturated/α-hetero) is 2. The van der Waals surface area contributed by atoms with E-state index in [1.165, 1.54) is 40.0 Å². The highest BCUT2D eigenvalue weighted by molar-refractivity contribution is 6.38. The molecule has 1 aromatic carbocycles. The monoisotopic (exact) mass is 767 g/mol. The van der Waals surface area contributed by atoms with Gasteiger partial charge in [-0.25, -0.2) is 0 Å². The third-order valence-electron chi connectivity index (χ3n) is 7.37. The quantitative estimate of drug-likeness (QED) is 0.140. The van der Waals surface area contributed by atoms with Gasteiger partial charge in [0.15, 0.2) is 5.78 Å². The number of aliphatic imine (C=N–C) groups is 2. The Labute approximate surface area is 323 Å². The molecule has 1 aromatic rings. The molecule has 0 saturated carbocycles. The van der Waals surface area contributed by atoms with Gasteiger partial charge in [0.1, 0.15) is 11.5 Å². The molecule has 12 heteroatoms. The van der Waals surface area contributed by atoms with Crippen LogP contribution in [0.3, 0.4) is 0 Å². The lowest BCUT2D eigenvalue weighted by atomic mass is 9.95. The second kappa shape index (κ2) is 31.9. The maximum atomic E-state index is 12.8. The minimum absolute atomic E-state index is 0.0405. The summed E-state index contributed by atoms with van der Waals surface area (Å²) in [4.78, 5) is 43.0. The van der Waals surface area contributed by atoms with E-state index in [2.05, 4.69) is 41.0 Å². The van der Waals surface area contributed by atoms with Crippen LogP contribution >= 0.6 is 11.6 Å². The fraction of sp³-hybridized carbons (Fsp3) is 0.585. The van der Waals surface area contributed by atoms with Crippen LogP contribution < -0.4 is 11.1 Å². The van der Waals surface area contributed by atoms with E-state index < -0.39 is 11.9 Å². The number of carbonyl (C=O) groups is 3. The SMILES string of the molecule is C/C=C(C(=NC)C(F)(F)F)/C(C)=C/N=C(C)C(C)=O.CC.CC(=O)C1CCNCC1.CCC#CCN.CCCN(CCC)C(=O)c1ccc(C)cc1Cl. The number of piperidine rings is 1. The molecule has 1 heterocycles. The van der Waals surface area contributed by atoms with Crippen molar-refractivity contribution in [2.75, 3.05) is 39.8 Å².